The van der Waals surface area contributed by atoms with Crippen molar-refractivity contribution in [1.82, 2.24) is 10.2 Å². The van der Waals surface area contributed by atoms with Crippen LogP contribution in [0.5, 0.6) is 0 Å². The van der Waals surface area contributed by atoms with Gasteiger partial charge >= 0.3 is 0 Å². The molecule has 0 bridgehead atoms. The molecule has 1 heterocycles. The van der Waals surface area contributed by atoms with Crippen molar-refractivity contribution < 1.29 is 19.2 Å². The average molecular weight is 265 g/mol. The van der Waals surface area contributed by atoms with Crippen LogP contribution in [0.4, 0.5) is 0 Å². The maximum absolute atomic E-state index is 12.1. The van der Waals surface area contributed by atoms with Crippen LogP contribution in [-0.4, -0.2) is 53.0 Å². The standard InChI is InChI=1S/C12H15N3O4/c1-2-7(13)12(8(16)3-4-9(12)17)15-6-10(18)14-5-11(15)19/h3-4,7H,2,5-6,13H2,1H3,(H,14,18)/t7-/m0/s1. The molecule has 0 radical (unpaired) electrons. The fraction of sp³-hybridized carbons (Fsp3) is 0.500. The van der Waals surface area contributed by atoms with Crippen molar-refractivity contribution in [1.29, 1.82) is 0 Å². The second kappa shape index (κ2) is 4.58. The third kappa shape index (κ3) is 1.77. The maximum atomic E-state index is 12.1. The van der Waals surface area contributed by atoms with Gasteiger partial charge in [0.15, 0.2) is 17.1 Å². The lowest BCUT2D eigenvalue weighted by Crippen LogP contribution is -2.72. The smallest absolute Gasteiger partial charge is 0.243 e. The molecule has 102 valence electrons. The molecule has 2 rings (SSSR count). The van der Waals surface area contributed by atoms with Crippen molar-refractivity contribution in [2.45, 2.75) is 24.9 Å². The van der Waals surface area contributed by atoms with Crippen molar-refractivity contribution in [3.63, 3.8) is 0 Å². The monoisotopic (exact) mass is 265 g/mol. The van der Waals surface area contributed by atoms with E-state index < -0.39 is 35.0 Å². The molecule has 1 fully saturated rings. The number of carbonyl (C=O) groups is 4. The van der Waals surface area contributed by atoms with Gasteiger partial charge in [0.25, 0.3) is 0 Å². The highest BCUT2D eigenvalue weighted by atomic mass is 16.2. The van der Waals surface area contributed by atoms with Crippen LogP contribution in [0.3, 0.4) is 0 Å². The summed E-state index contributed by atoms with van der Waals surface area (Å²) in [5.74, 6) is -1.95. The number of piperazine rings is 1. The molecule has 0 spiro atoms. The van der Waals surface area contributed by atoms with E-state index in [1.54, 1.807) is 6.92 Å². The van der Waals surface area contributed by atoms with E-state index in [0.717, 1.165) is 17.1 Å². The first kappa shape index (κ1) is 13.4. The van der Waals surface area contributed by atoms with Crippen molar-refractivity contribution in [2.75, 3.05) is 13.1 Å². The summed E-state index contributed by atoms with van der Waals surface area (Å²) < 4.78 is 0. The van der Waals surface area contributed by atoms with E-state index in [-0.39, 0.29) is 13.1 Å². The minimum atomic E-state index is -1.75. The number of ketones is 2. The van der Waals surface area contributed by atoms with Gasteiger partial charge in [-0.05, 0) is 18.6 Å². The Morgan fingerprint density at radius 2 is 1.89 bits per heavy atom. The highest BCUT2D eigenvalue weighted by Crippen LogP contribution is 2.30. The van der Waals surface area contributed by atoms with Crippen LogP contribution in [-0.2, 0) is 19.2 Å². The van der Waals surface area contributed by atoms with Crippen LogP contribution in [0.1, 0.15) is 13.3 Å². The lowest BCUT2D eigenvalue weighted by atomic mass is 9.82. The Bertz CT molecular complexity index is 479. The number of nitrogens with zero attached hydrogens (tertiary/aromatic N) is 1. The van der Waals surface area contributed by atoms with E-state index in [0.29, 0.717) is 6.42 Å². The molecule has 0 saturated carbocycles. The Morgan fingerprint density at radius 3 is 2.42 bits per heavy atom. The zero-order valence-electron chi connectivity index (χ0n) is 10.5. The second-order valence-corrected chi connectivity index (χ2v) is 4.60. The van der Waals surface area contributed by atoms with Crippen LogP contribution in [0.15, 0.2) is 12.2 Å². The fourth-order valence-corrected chi connectivity index (χ4v) is 2.53. The molecule has 0 aromatic rings. The summed E-state index contributed by atoms with van der Waals surface area (Å²) in [6.45, 7) is 1.17. The predicted molar refractivity (Wildman–Crippen MR) is 64.9 cm³/mol. The number of amides is 2. The van der Waals surface area contributed by atoms with Gasteiger partial charge in [0.2, 0.25) is 11.8 Å². The second-order valence-electron chi connectivity index (χ2n) is 4.60. The lowest BCUT2D eigenvalue weighted by molar-refractivity contribution is -0.156. The lowest BCUT2D eigenvalue weighted by Gasteiger charge is -2.43. The molecule has 1 saturated heterocycles. The summed E-state index contributed by atoms with van der Waals surface area (Å²) in [5, 5.41) is 2.38. The normalized spacial score (nSPS) is 23.8. The Hall–Kier alpha value is -2.02. The molecule has 0 aromatic carbocycles. The predicted octanol–water partition coefficient (Wildman–Crippen LogP) is -1.87. The highest BCUT2D eigenvalue weighted by Gasteiger charge is 2.57. The zero-order valence-corrected chi connectivity index (χ0v) is 10.5. The van der Waals surface area contributed by atoms with E-state index in [9.17, 15) is 19.2 Å². The van der Waals surface area contributed by atoms with Crippen molar-refractivity contribution >= 4 is 23.4 Å². The number of nitrogens with two attached hydrogens (primary N) is 1. The van der Waals surface area contributed by atoms with Crippen LogP contribution < -0.4 is 11.1 Å². The van der Waals surface area contributed by atoms with Gasteiger partial charge in [0.1, 0.15) is 6.54 Å². The minimum Gasteiger partial charge on any atom is -0.345 e. The molecular weight excluding hydrogens is 250 g/mol. The number of rotatable bonds is 3. The summed E-state index contributed by atoms with van der Waals surface area (Å²) >= 11 is 0. The minimum absolute atomic E-state index is 0.225. The maximum Gasteiger partial charge on any atom is 0.243 e. The molecule has 2 aliphatic rings. The molecule has 1 atom stereocenters. The van der Waals surface area contributed by atoms with E-state index in [1.165, 1.54) is 0 Å². The average Bonchev–Trinajstić information content (AvgIpc) is 2.68. The third-order valence-electron chi connectivity index (χ3n) is 3.58. The molecule has 19 heavy (non-hydrogen) atoms. The molecule has 1 aliphatic heterocycles. The number of hydrogen-bond acceptors (Lipinski definition) is 5. The van der Waals surface area contributed by atoms with Crippen molar-refractivity contribution in [3.05, 3.63) is 12.2 Å². The SMILES string of the molecule is CC[C@H](N)C1(N2CC(=O)NCC2=O)C(=O)C=CC1=O. The van der Waals surface area contributed by atoms with E-state index in [4.69, 9.17) is 5.73 Å². The number of nitrogens with one attached hydrogen (secondary N) is 1. The molecule has 0 aromatic heterocycles. The largest absolute Gasteiger partial charge is 0.345 e. The van der Waals surface area contributed by atoms with Gasteiger partial charge in [-0.25, -0.2) is 0 Å². The van der Waals surface area contributed by atoms with Crippen LogP contribution in [0.25, 0.3) is 0 Å². The molecule has 2 amide bonds. The number of carbonyl (C=O) groups excluding carboxylic acids is 4. The van der Waals surface area contributed by atoms with E-state index in [1.807, 2.05) is 0 Å². The Kier molecular flexibility index (Phi) is 3.23. The van der Waals surface area contributed by atoms with Gasteiger partial charge < -0.3 is 16.0 Å². The first-order valence-electron chi connectivity index (χ1n) is 6.04. The zero-order chi connectivity index (χ0) is 14.2. The van der Waals surface area contributed by atoms with Gasteiger partial charge in [-0.2, -0.15) is 0 Å². The number of hydrogen-bond donors (Lipinski definition) is 2. The molecule has 3 N–H and O–H groups in total. The van der Waals surface area contributed by atoms with E-state index >= 15 is 0 Å². The van der Waals surface area contributed by atoms with Gasteiger partial charge in [-0.15, -0.1) is 0 Å². The van der Waals surface area contributed by atoms with Gasteiger partial charge in [0, 0.05) is 6.04 Å². The third-order valence-corrected chi connectivity index (χ3v) is 3.58. The quantitative estimate of drug-likeness (QED) is 0.581. The fourth-order valence-electron chi connectivity index (χ4n) is 2.53. The highest BCUT2D eigenvalue weighted by molar-refractivity contribution is 6.28. The first-order valence-corrected chi connectivity index (χ1v) is 6.04. The summed E-state index contributed by atoms with van der Waals surface area (Å²) in [6, 6.07) is -0.836. The summed E-state index contributed by atoms with van der Waals surface area (Å²) in [5.41, 5.74) is 4.18. The van der Waals surface area contributed by atoms with Crippen LogP contribution in [0.2, 0.25) is 0 Å². The van der Waals surface area contributed by atoms with E-state index in [2.05, 4.69) is 5.32 Å². The van der Waals surface area contributed by atoms with Gasteiger partial charge in [-0.1, -0.05) is 6.92 Å². The van der Waals surface area contributed by atoms with Crippen molar-refractivity contribution in [3.8, 4) is 0 Å². The summed E-state index contributed by atoms with van der Waals surface area (Å²) in [6.07, 6.45) is 2.58. The molecular formula is C12H15N3O4. The van der Waals surface area contributed by atoms with Gasteiger partial charge in [0.05, 0.1) is 6.54 Å². The topological polar surface area (TPSA) is 110 Å². The molecule has 0 unspecified atom stereocenters. The molecule has 7 nitrogen and oxygen atoms in total. The summed E-state index contributed by atoms with van der Waals surface area (Å²) in [7, 11) is 0. The molecule has 1 aliphatic carbocycles. The van der Waals surface area contributed by atoms with Crippen LogP contribution in [0, 0.1) is 0 Å². The van der Waals surface area contributed by atoms with Gasteiger partial charge in [-0.3, -0.25) is 19.2 Å². The van der Waals surface area contributed by atoms with Crippen molar-refractivity contribution in [2.24, 2.45) is 5.73 Å². The Morgan fingerprint density at radius 1 is 1.32 bits per heavy atom. The van der Waals surface area contributed by atoms with Crippen LogP contribution >= 0.6 is 0 Å². The summed E-state index contributed by atoms with van der Waals surface area (Å²) in [4.78, 5) is 48.7. The Balaban J connectivity index is 2.49. The Labute approximate surface area is 109 Å². The first-order chi connectivity index (χ1) is 8.94. The molecule has 7 heteroatoms.